The third-order valence-electron chi connectivity index (χ3n) is 4.70. The SMILES string of the molecule is CN1CCN(CCC(=O)N2CCc3ncn(C)c3C2)CC1. The number of carbonyl (C=O) groups is 1. The Kier molecular flexibility index (Phi) is 4.26. The molecule has 1 saturated heterocycles. The molecule has 0 aliphatic carbocycles. The Labute approximate surface area is 126 Å². The molecule has 1 fully saturated rings. The number of likely N-dealkylation sites (N-methyl/N-ethyl adjacent to an activating group) is 1. The Bertz CT molecular complexity index is 504. The van der Waals surface area contributed by atoms with Crippen molar-refractivity contribution in [2.24, 2.45) is 7.05 Å². The first kappa shape index (κ1) is 14.5. The third-order valence-corrected chi connectivity index (χ3v) is 4.70. The van der Waals surface area contributed by atoms with Crippen LogP contribution >= 0.6 is 0 Å². The Balaban J connectivity index is 1.49. The summed E-state index contributed by atoms with van der Waals surface area (Å²) in [4.78, 5) is 23.5. The number of hydrogen-bond acceptors (Lipinski definition) is 4. The summed E-state index contributed by atoms with van der Waals surface area (Å²) in [7, 11) is 4.16. The van der Waals surface area contributed by atoms with Gasteiger partial charge in [0.2, 0.25) is 5.91 Å². The standard InChI is InChI=1S/C15H25N5O/c1-17-7-9-19(10-8-17)5-4-15(21)20-6-3-13-14(11-20)18(2)12-16-13/h12H,3-11H2,1-2H3. The van der Waals surface area contributed by atoms with E-state index in [0.29, 0.717) is 13.0 Å². The van der Waals surface area contributed by atoms with Crippen molar-refractivity contribution in [3.8, 4) is 0 Å². The van der Waals surface area contributed by atoms with Gasteiger partial charge in [-0.1, -0.05) is 0 Å². The topological polar surface area (TPSA) is 44.6 Å². The molecule has 2 aliphatic heterocycles. The fourth-order valence-electron chi connectivity index (χ4n) is 3.11. The Hall–Kier alpha value is -1.40. The molecule has 3 rings (SSSR count). The zero-order chi connectivity index (χ0) is 14.8. The van der Waals surface area contributed by atoms with Gasteiger partial charge >= 0.3 is 0 Å². The summed E-state index contributed by atoms with van der Waals surface area (Å²) in [6.45, 7) is 6.79. The smallest absolute Gasteiger partial charge is 0.224 e. The first-order valence-electron chi connectivity index (χ1n) is 7.81. The zero-order valence-electron chi connectivity index (χ0n) is 13.1. The Morgan fingerprint density at radius 3 is 2.71 bits per heavy atom. The van der Waals surface area contributed by atoms with Crippen molar-refractivity contribution in [3.05, 3.63) is 17.7 Å². The van der Waals surface area contributed by atoms with Crippen LogP contribution in [-0.2, 0) is 24.8 Å². The number of rotatable bonds is 3. The number of carbonyl (C=O) groups excluding carboxylic acids is 1. The molecule has 0 radical (unpaired) electrons. The lowest BCUT2D eigenvalue weighted by Gasteiger charge is -2.33. The molecule has 0 atom stereocenters. The van der Waals surface area contributed by atoms with Crippen molar-refractivity contribution < 1.29 is 4.79 Å². The van der Waals surface area contributed by atoms with Crippen LogP contribution in [0, 0.1) is 0 Å². The maximum absolute atomic E-state index is 12.4. The zero-order valence-corrected chi connectivity index (χ0v) is 13.1. The van der Waals surface area contributed by atoms with Gasteiger partial charge in [-0.05, 0) is 7.05 Å². The minimum Gasteiger partial charge on any atom is -0.336 e. The molecular formula is C15H25N5O. The summed E-state index contributed by atoms with van der Waals surface area (Å²) in [5, 5.41) is 0. The first-order valence-corrected chi connectivity index (χ1v) is 7.81. The fourth-order valence-corrected chi connectivity index (χ4v) is 3.11. The minimum absolute atomic E-state index is 0.278. The van der Waals surface area contributed by atoms with Crippen molar-refractivity contribution in [1.82, 2.24) is 24.3 Å². The highest BCUT2D eigenvalue weighted by atomic mass is 16.2. The fraction of sp³-hybridized carbons (Fsp3) is 0.733. The van der Waals surface area contributed by atoms with Gasteiger partial charge in [-0.3, -0.25) is 4.79 Å². The van der Waals surface area contributed by atoms with Crippen LogP contribution < -0.4 is 0 Å². The minimum atomic E-state index is 0.278. The van der Waals surface area contributed by atoms with Crippen LogP contribution in [-0.4, -0.2) is 76.5 Å². The van der Waals surface area contributed by atoms with Crippen molar-refractivity contribution in [1.29, 1.82) is 0 Å². The maximum Gasteiger partial charge on any atom is 0.224 e. The van der Waals surface area contributed by atoms with Gasteiger partial charge in [0.15, 0.2) is 0 Å². The molecule has 21 heavy (non-hydrogen) atoms. The molecule has 2 aliphatic rings. The van der Waals surface area contributed by atoms with Crippen LogP contribution in [0.4, 0.5) is 0 Å². The van der Waals surface area contributed by atoms with Gasteiger partial charge in [0.25, 0.3) is 0 Å². The second-order valence-electron chi connectivity index (χ2n) is 6.21. The maximum atomic E-state index is 12.4. The van der Waals surface area contributed by atoms with E-state index in [0.717, 1.165) is 51.4 Å². The summed E-state index contributed by atoms with van der Waals surface area (Å²) in [6, 6.07) is 0. The second kappa shape index (κ2) is 6.15. The number of amides is 1. The van der Waals surface area contributed by atoms with E-state index in [9.17, 15) is 4.79 Å². The summed E-state index contributed by atoms with van der Waals surface area (Å²) in [5.74, 6) is 0.278. The second-order valence-corrected chi connectivity index (χ2v) is 6.21. The van der Waals surface area contributed by atoms with Gasteiger partial charge in [-0.2, -0.15) is 0 Å². The van der Waals surface area contributed by atoms with E-state index >= 15 is 0 Å². The van der Waals surface area contributed by atoms with Crippen LogP contribution in [0.5, 0.6) is 0 Å². The number of nitrogens with zero attached hydrogens (tertiary/aromatic N) is 5. The average Bonchev–Trinajstić information content (AvgIpc) is 2.87. The number of piperazine rings is 1. The molecule has 0 aromatic carbocycles. The highest BCUT2D eigenvalue weighted by molar-refractivity contribution is 5.76. The molecule has 6 heteroatoms. The summed E-state index contributed by atoms with van der Waals surface area (Å²) in [6.07, 6.45) is 3.37. The Morgan fingerprint density at radius 2 is 1.95 bits per heavy atom. The molecule has 1 aromatic rings. The molecule has 116 valence electrons. The number of aromatic nitrogens is 2. The quantitative estimate of drug-likeness (QED) is 0.783. The van der Waals surface area contributed by atoms with Crippen molar-refractivity contribution in [2.75, 3.05) is 46.3 Å². The summed E-state index contributed by atoms with van der Waals surface area (Å²) < 4.78 is 2.04. The highest BCUT2D eigenvalue weighted by Gasteiger charge is 2.24. The van der Waals surface area contributed by atoms with Crippen molar-refractivity contribution >= 4 is 5.91 Å². The monoisotopic (exact) mass is 291 g/mol. The van der Waals surface area contributed by atoms with E-state index in [1.807, 2.05) is 22.8 Å². The molecule has 1 amide bonds. The molecule has 1 aromatic heterocycles. The van der Waals surface area contributed by atoms with E-state index in [1.165, 1.54) is 5.69 Å². The van der Waals surface area contributed by atoms with Crippen LogP contribution in [0.3, 0.4) is 0 Å². The van der Waals surface area contributed by atoms with E-state index in [2.05, 4.69) is 21.8 Å². The number of hydrogen-bond donors (Lipinski definition) is 0. The first-order chi connectivity index (χ1) is 10.1. The van der Waals surface area contributed by atoms with Gasteiger partial charge in [0, 0.05) is 59.2 Å². The van der Waals surface area contributed by atoms with E-state index in [-0.39, 0.29) is 5.91 Å². The van der Waals surface area contributed by atoms with Crippen LogP contribution in [0.15, 0.2) is 6.33 Å². The summed E-state index contributed by atoms with van der Waals surface area (Å²) in [5.41, 5.74) is 2.34. The average molecular weight is 291 g/mol. The molecule has 0 N–H and O–H groups in total. The molecule has 0 spiro atoms. The molecule has 3 heterocycles. The number of aryl methyl sites for hydroxylation is 1. The molecular weight excluding hydrogens is 266 g/mol. The van der Waals surface area contributed by atoms with E-state index in [1.54, 1.807) is 0 Å². The largest absolute Gasteiger partial charge is 0.336 e. The van der Waals surface area contributed by atoms with Gasteiger partial charge in [-0.15, -0.1) is 0 Å². The molecule has 0 unspecified atom stereocenters. The molecule has 6 nitrogen and oxygen atoms in total. The molecule has 0 bridgehead atoms. The predicted molar refractivity (Wildman–Crippen MR) is 80.9 cm³/mol. The normalized spacial score (nSPS) is 20.6. The Morgan fingerprint density at radius 1 is 1.19 bits per heavy atom. The van der Waals surface area contributed by atoms with E-state index < -0.39 is 0 Å². The lowest BCUT2D eigenvalue weighted by molar-refractivity contribution is -0.132. The van der Waals surface area contributed by atoms with E-state index in [4.69, 9.17) is 0 Å². The lowest BCUT2D eigenvalue weighted by Crippen LogP contribution is -2.46. The van der Waals surface area contributed by atoms with Gasteiger partial charge in [-0.25, -0.2) is 4.98 Å². The van der Waals surface area contributed by atoms with Crippen molar-refractivity contribution in [3.63, 3.8) is 0 Å². The predicted octanol–water partition coefficient (Wildman–Crippen LogP) is -0.0577. The third kappa shape index (κ3) is 3.27. The van der Waals surface area contributed by atoms with Crippen LogP contribution in [0.2, 0.25) is 0 Å². The van der Waals surface area contributed by atoms with Crippen molar-refractivity contribution in [2.45, 2.75) is 19.4 Å². The van der Waals surface area contributed by atoms with Gasteiger partial charge in [0.1, 0.15) is 0 Å². The number of fused-ring (bicyclic) bond motifs is 1. The lowest BCUT2D eigenvalue weighted by atomic mass is 10.1. The van der Waals surface area contributed by atoms with Gasteiger partial charge < -0.3 is 19.3 Å². The molecule has 0 saturated carbocycles. The van der Waals surface area contributed by atoms with Crippen LogP contribution in [0.1, 0.15) is 17.8 Å². The highest BCUT2D eigenvalue weighted by Crippen LogP contribution is 2.17. The summed E-state index contributed by atoms with van der Waals surface area (Å²) >= 11 is 0. The van der Waals surface area contributed by atoms with Gasteiger partial charge in [0.05, 0.1) is 24.3 Å². The van der Waals surface area contributed by atoms with Crippen LogP contribution in [0.25, 0.3) is 0 Å². The number of imidazole rings is 1.